The van der Waals surface area contributed by atoms with E-state index in [-0.39, 0.29) is 0 Å². The van der Waals surface area contributed by atoms with Gasteiger partial charge in [-0.3, -0.25) is 0 Å². The third kappa shape index (κ3) is 2.89. The largest absolute Gasteiger partial charge is 0.493 e. The van der Waals surface area contributed by atoms with Gasteiger partial charge in [-0.05, 0) is 12.1 Å². The molecule has 1 aromatic carbocycles. The highest BCUT2D eigenvalue weighted by molar-refractivity contribution is 5.39. The Kier molecular flexibility index (Phi) is 3.49. The van der Waals surface area contributed by atoms with Crippen molar-refractivity contribution >= 4 is 0 Å². The first-order valence-corrected chi connectivity index (χ1v) is 3.78. The highest BCUT2D eigenvalue weighted by Crippen LogP contribution is 2.25. The van der Waals surface area contributed by atoms with Gasteiger partial charge in [0.25, 0.3) is 6.43 Å². The first-order valence-electron chi connectivity index (χ1n) is 3.78. The van der Waals surface area contributed by atoms with Crippen LogP contribution < -0.4 is 9.47 Å². The van der Waals surface area contributed by atoms with Crippen molar-refractivity contribution in [3.05, 3.63) is 24.3 Å². The molecular formula is C9H10F2O2. The zero-order valence-corrected chi connectivity index (χ0v) is 7.17. The summed E-state index contributed by atoms with van der Waals surface area (Å²) in [4.78, 5) is 0. The molecule has 0 N–H and O–H groups in total. The van der Waals surface area contributed by atoms with Crippen LogP contribution in [0.15, 0.2) is 24.3 Å². The molecule has 13 heavy (non-hydrogen) atoms. The molecule has 0 saturated heterocycles. The molecule has 0 unspecified atom stereocenters. The molecule has 0 aliphatic rings. The third-order valence-electron chi connectivity index (χ3n) is 1.43. The molecule has 72 valence electrons. The van der Waals surface area contributed by atoms with Crippen LogP contribution in [0.2, 0.25) is 0 Å². The van der Waals surface area contributed by atoms with Gasteiger partial charge in [-0.15, -0.1) is 0 Å². The average molecular weight is 188 g/mol. The summed E-state index contributed by atoms with van der Waals surface area (Å²) < 4.78 is 33.3. The quantitative estimate of drug-likeness (QED) is 0.722. The van der Waals surface area contributed by atoms with E-state index in [1.165, 1.54) is 7.11 Å². The Labute approximate surface area is 75.1 Å². The Morgan fingerprint density at radius 3 is 2.38 bits per heavy atom. The van der Waals surface area contributed by atoms with Crippen molar-refractivity contribution in [1.82, 2.24) is 0 Å². The van der Waals surface area contributed by atoms with E-state index in [2.05, 4.69) is 0 Å². The minimum Gasteiger partial charge on any atom is -0.493 e. The van der Waals surface area contributed by atoms with Crippen molar-refractivity contribution in [2.75, 3.05) is 13.7 Å². The van der Waals surface area contributed by atoms with Crippen molar-refractivity contribution in [3.8, 4) is 11.5 Å². The summed E-state index contributed by atoms with van der Waals surface area (Å²) in [6.07, 6.45) is -2.47. The fourth-order valence-corrected chi connectivity index (χ4v) is 0.891. The van der Waals surface area contributed by atoms with E-state index >= 15 is 0 Å². The molecule has 4 heteroatoms. The topological polar surface area (TPSA) is 18.5 Å². The second kappa shape index (κ2) is 4.64. The van der Waals surface area contributed by atoms with Gasteiger partial charge in [0.05, 0.1) is 7.11 Å². The van der Waals surface area contributed by atoms with Gasteiger partial charge in [-0.25, -0.2) is 8.78 Å². The molecule has 2 nitrogen and oxygen atoms in total. The van der Waals surface area contributed by atoms with Gasteiger partial charge in [0, 0.05) is 0 Å². The van der Waals surface area contributed by atoms with Crippen LogP contribution in [0.5, 0.6) is 11.5 Å². The van der Waals surface area contributed by atoms with Crippen molar-refractivity contribution in [1.29, 1.82) is 0 Å². The summed E-state index contributed by atoms with van der Waals surface area (Å²) in [5.74, 6) is 0.799. The van der Waals surface area contributed by atoms with Gasteiger partial charge in [0.1, 0.15) is 6.61 Å². The van der Waals surface area contributed by atoms with Crippen LogP contribution in [0.3, 0.4) is 0 Å². The molecule has 0 aliphatic carbocycles. The predicted molar refractivity (Wildman–Crippen MR) is 44.5 cm³/mol. The standard InChI is InChI=1S/C9H10F2O2/c1-12-7-4-2-3-5-8(7)13-6-9(10)11/h2-5,9H,6H2,1H3. The van der Waals surface area contributed by atoms with Crippen molar-refractivity contribution < 1.29 is 18.3 Å². The van der Waals surface area contributed by atoms with Crippen LogP contribution in [-0.2, 0) is 0 Å². The minimum absolute atomic E-state index is 0.338. The number of ether oxygens (including phenoxy) is 2. The Hall–Kier alpha value is -1.32. The second-order valence-corrected chi connectivity index (χ2v) is 2.35. The smallest absolute Gasteiger partial charge is 0.272 e. The molecular weight excluding hydrogens is 178 g/mol. The first kappa shape index (κ1) is 9.77. The number of alkyl halides is 2. The number of rotatable bonds is 4. The number of para-hydroxylation sites is 2. The fourth-order valence-electron chi connectivity index (χ4n) is 0.891. The van der Waals surface area contributed by atoms with E-state index in [0.29, 0.717) is 11.5 Å². The molecule has 0 amide bonds. The molecule has 0 aliphatic heterocycles. The van der Waals surface area contributed by atoms with Gasteiger partial charge in [-0.2, -0.15) is 0 Å². The Morgan fingerprint density at radius 1 is 1.23 bits per heavy atom. The zero-order valence-electron chi connectivity index (χ0n) is 7.17. The summed E-state index contributed by atoms with van der Waals surface area (Å²) in [6, 6.07) is 6.68. The van der Waals surface area contributed by atoms with Crippen LogP contribution in [0.25, 0.3) is 0 Å². The fraction of sp³-hybridized carbons (Fsp3) is 0.333. The van der Waals surface area contributed by atoms with Gasteiger partial charge >= 0.3 is 0 Å². The van der Waals surface area contributed by atoms with Crippen LogP contribution in [-0.4, -0.2) is 20.1 Å². The lowest BCUT2D eigenvalue weighted by Gasteiger charge is -2.09. The zero-order chi connectivity index (χ0) is 9.68. The molecule has 0 fully saturated rings. The summed E-state index contributed by atoms with van der Waals surface area (Å²) >= 11 is 0. The summed E-state index contributed by atoms with van der Waals surface area (Å²) in [5.41, 5.74) is 0. The normalized spacial score (nSPS) is 10.2. The summed E-state index contributed by atoms with van der Waals surface area (Å²) in [7, 11) is 1.46. The number of methoxy groups -OCH3 is 1. The second-order valence-electron chi connectivity index (χ2n) is 2.35. The predicted octanol–water partition coefficient (Wildman–Crippen LogP) is 2.34. The van der Waals surface area contributed by atoms with E-state index in [4.69, 9.17) is 9.47 Å². The molecule has 1 rings (SSSR count). The lowest BCUT2D eigenvalue weighted by atomic mass is 10.3. The van der Waals surface area contributed by atoms with Crippen LogP contribution >= 0.6 is 0 Å². The van der Waals surface area contributed by atoms with Gasteiger partial charge in [-0.1, -0.05) is 12.1 Å². The molecule has 0 saturated carbocycles. The van der Waals surface area contributed by atoms with E-state index in [9.17, 15) is 8.78 Å². The number of benzene rings is 1. The average Bonchev–Trinajstić information content (AvgIpc) is 2.15. The Morgan fingerprint density at radius 2 is 1.85 bits per heavy atom. The molecule has 0 spiro atoms. The maximum absolute atomic E-state index is 11.8. The molecule has 0 bridgehead atoms. The Bertz CT molecular complexity index is 264. The van der Waals surface area contributed by atoms with Gasteiger partial charge in [0.2, 0.25) is 0 Å². The van der Waals surface area contributed by atoms with Crippen LogP contribution in [0.1, 0.15) is 0 Å². The van der Waals surface area contributed by atoms with Gasteiger partial charge in [0.15, 0.2) is 11.5 Å². The first-order chi connectivity index (χ1) is 6.24. The molecule has 0 aromatic heterocycles. The van der Waals surface area contributed by atoms with Crippen LogP contribution in [0.4, 0.5) is 8.78 Å². The van der Waals surface area contributed by atoms with E-state index in [1.807, 2.05) is 0 Å². The highest BCUT2D eigenvalue weighted by Gasteiger charge is 2.06. The van der Waals surface area contributed by atoms with E-state index in [0.717, 1.165) is 0 Å². The lowest BCUT2D eigenvalue weighted by Crippen LogP contribution is -2.07. The van der Waals surface area contributed by atoms with Crippen molar-refractivity contribution in [2.24, 2.45) is 0 Å². The van der Waals surface area contributed by atoms with E-state index in [1.54, 1.807) is 24.3 Å². The number of halogens is 2. The lowest BCUT2D eigenvalue weighted by molar-refractivity contribution is 0.0804. The maximum Gasteiger partial charge on any atom is 0.272 e. The molecule has 0 atom stereocenters. The summed E-state index contributed by atoms with van der Waals surface area (Å²) in [6.45, 7) is -0.611. The SMILES string of the molecule is COc1ccccc1OCC(F)F. The van der Waals surface area contributed by atoms with Crippen molar-refractivity contribution in [3.63, 3.8) is 0 Å². The van der Waals surface area contributed by atoms with Crippen molar-refractivity contribution in [2.45, 2.75) is 6.43 Å². The Balaban J connectivity index is 2.64. The molecule has 1 aromatic rings. The maximum atomic E-state index is 11.8. The third-order valence-corrected chi connectivity index (χ3v) is 1.43. The highest BCUT2D eigenvalue weighted by atomic mass is 19.3. The van der Waals surface area contributed by atoms with Gasteiger partial charge < -0.3 is 9.47 Å². The number of hydrogen-bond acceptors (Lipinski definition) is 2. The minimum atomic E-state index is -2.47. The van der Waals surface area contributed by atoms with E-state index < -0.39 is 13.0 Å². The monoisotopic (exact) mass is 188 g/mol. The molecule has 0 radical (unpaired) electrons. The summed E-state index contributed by atoms with van der Waals surface area (Å²) in [5, 5.41) is 0. The molecule has 0 heterocycles. The number of hydrogen-bond donors (Lipinski definition) is 0. The van der Waals surface area contributed by atoms with Crippen LogP contribution in [0, 0.1) is 0 Å².